The van der Waals surface area contributed by atoms with Crippen molar-refractivity contribution in [2.75, 3.05) is 0 Å². The Balaban J connectivity index is 3.32. The van der Waals surface area contributed by atoms with Gasteiger partial charge in [-0.3, -0.25) is 4.79 Å². The van der Waals surface area contributed by atoms with Crippen LogP contribution in [0, 0.1) is 0 Å². The number of hydrogen-bond acceptors (Lipinski definition) is 1. The Morgan fingerprint density at radius 1 is 1.25 bits per heavy atom. The molecule has 0 aliphatic carbocycles. The zero-order valence-corrected chi connectivity index (χ0v) is 9.81. The molecule has 0 N–H and O–H groups in total. The number of alkyl halides is 3. The summed E-state index contributed by atoms with van der Waals surface area (Å²) in [6, 6.07) is 2.34. The number of halogens is 6. The Hall–Kier alpha value is -0.450. The molecule has 0 heterocycles. The highest BCUT2D eigenvalue weighted by molar-refractivity contribution is 6.68. The van der Waals surface area contributed by atoms with E-state index in [0.29, 0.717) is 0 Å². The molecule has 1 aromatic rings. The molecule has 0 atom stereocenters. The first-order valence-corrected chi connectivity index (χ1v) is 5.09. The summed E-state index contributed by atoms with van der Waals surface area (Å²) in [7, 11) is 0. The molecule has 0 aliphatic heterocycles. The van der Waals surface area contributed by atoms with Gasteiger partial charge in [-0.2, -0.15) is 13.2 Å². The van der Waals surface area contributed by atoms with E-state index >= 15 is 0 Å². The van der Waals surface area contributed by atoms with Gasteiger partial charge in [0.05, 0.1) is 16.5 Å². The van der Waals surface area contributed by atoms with Crippen molar-refractivity contribution in [3.05, 3.63) is 33.3 Å². The Labute approximate surface area is 104 Å². The van der Waals surface area contributed by atoms with Crippen LogP contribution in [0.1, 0.15) is 15.9 Å². The van der Waals surface area contributed by atoms with Crippen LogP contribution in [-0.2, 0) is 6.42 Å². The third kappa shape index (κ3) is 3.27. The minimum atomic E-state index is -4.49. The molecule has 0 radical (unpaired) electrons. The maximum atomic E-state index is 12.2. The summed E-state index contributed by atoms with van der Waals surface area (Å²) in [5.74, 6) is 0. The fourth-order valence-corrected chi connectivity index (χ4v) is 1.74. The summed E-state index contributed by atoms with van der Waals surface area (Å²) in [5, 5.41) is -1.36. The highest BCUT2D eigenvalue weighted by Gasteiger charge is 2.31. The van der Waals surface area contributed by atoms with Crippen LogP contribution in [-0.4, -0.2) is 11.4 Å². The third-order valence-corrected chi connectivity index (χ3v) is 2.83. The zero-order chi connectivity index (χ0) is 12.5. The van der Waals surface area contributed by atoms with Gasteiger partial charge in [-0.1, -0.05) is 23.2 Å². The van der Waals surface area contributed by atoms with Gasteiger partial charge in [0, 0.05) is 5.56 Å². The largest absolute Gasteiger partial charge is 0.393 e. The first-order valence-electron chi connectivity index (χ1n) is 3.96. The Bertz CT molecular complexity index is 429. The molecule has 1 nitrogen and oxygen atoms in total. The van der Waals surface area contributed by atoms with Gasteiger partial charge in [-0.25, -0.2) is 0 Å². The molecule has 16 heavy (non-hydrogen) atoms. The third-order valence-electron chi connectivity index (χ3n) is 1.79. The minimum Gasteiger partial charge on any atom is -0.276 e. The van der Waals surface area contributed by atoms with Crippen molar-refractivity contribution in [3.8, 4) is 0 Å². The summed E-state index contributed by atoms with van der Waals surface area (Å²) in [6.45, 7) is 0. The van der Waals surface area contributed by atoms with Crippen molar-refractivity contribution < 1.29 is 18.0 Å². The van der Waals surface area contributed by atoms with Crippen LogP contribution in [0.5, 0.6) is 0 Å². The molecule has 0 spiro atoms. The van der Waals surface area contributed by atoms with Gasteiger partial charge in [-0.15, -0.1) is 0 Å². The van der Waals surface area contributed by atoms with Crippen LogP contribution < -0.4 is 0 Å². The molecule has 0 saturated heterocycles. The number of hydrogen-bond donors (Lipinski definition) is 0. The standard InChI is InChI=1S/C9H4Cl3F3O/c10-6-2-1-4(8(12)16)5(7(6)11)3-9(13,14)15/h1-2H,3H2. The molecule has 0 amide bonds. The number of benzene rings is 1. The van der Waals surface area contributed by atoms with Crippen molar-refractivity contribution in [2.45, 2.75) is 12.6 Å². The van der Waals surface area contributed by atoms with E-state index < -0.39 is 23.4 Å². The second-order valence-corrected chi connectivity index (χ2v) is 4.08. The molecular formula is C9H4Cl3F3O. The Kier molecular flexibility index (Phi) is 4.10. The number of carbonyl (C=O) groups is 1. The lowest BCUT2D eigenvalue weighted by atomic mass is 10.1. The molecule has 0 fully saturated rings. The van der Waals surface area contributed by atoms with Crippen LogP contribution in [0.3, 0.4) is 0 Å². The number of rotatable bonds is 2. The number of carbonyl (C=O) groups excluding carboxylic acids is 1. The normalized spacial score (nSPS) is 11.6. The topological polar surface area (TPSA) is 17.1 Å². The van der Waals surface area contributed by atoms with E-state index in [4.69, 9.17) is 34.8 Å². The molecule has 0 aromatic heterocycles. The van der Waals surface area contributed by atoms with E-state index in [1.165, 1.54) is 6.07 Å². The highest BCUT2D eigenvalue weighted by atomic mass is 35.5. The smallest absolute Gasteiger partial charge is 0.276 e. The lowest BCUT2D eigenvalue weighted by molar-refractivity contribution is -0.127. The summed E-state index contributed by atoms with van der Waals surface area (Å²) >= 11 is 16.3. The van der Waals surface area contributed by atoms with Crippen molar-refractivity contribution in [1.82, 2.24) is 0 Å². The fourth-order valence-electron chi connectivity index (χ4n) is 1.15. The van der Waals surface area contributed by atoms with Crippen LogP contribution >= 0.6 is 34.8 Å². The molecule has 0 saturated carbocycles. The zero-order valence-electron chi connectivity index (χ0n) is 7.54. The highest BCUT2D eigenvalue weighted by Crippen LogP contribution is 2.34. The molecule has 0 bridgehead atoms. The van der Waals surface area contributed by atoms with Gasteiger partial charge in [0.2, 0.25) is 0 Å². The van der Waals surface area contributed by atoms with E-state index in [1.807, 2.05) is 0 Å². The van der Waals surface area contributed by atoms with Crippen LogP contribution in [0.15, 0.2) is 12.1 Å². The van der Waals surface area contributed by atoms with Gasteiger partial charge in [-0.05, 0) is 29.3 Å². The average molecular weight is 291 g/mol. The van der Waals surface area contributed by atoms with Crippen molar-refractivity contribution >= 4 is 40.0 Å². The van der Waals surface area contributed by atoms with E-state index in [2.05, 4.69) is 0 Å². The predicted molar refractivity (Wildman–Crippen MR) is 56.4 cm³/mol. The lowest BCUT2D eigenvalue weighted by Crippen LogP contribution is -2.14. The summed E-state index contributed by atoms with van der Waals surface area (Å²) < 4.78 is 36.7. The maximum absolute atomic E-state index is 12.2. The van der Waals surface area contributed by atoms with Crippen molar-refractivity contribution in [1.29, 1.82) is 0 Å². The van der Waals surface area contributed by atoms with Gasteiger partial charge in [0.1, 0.15) is 0 Å². The first kappa shape index (κ1) is 13.6. The van der Waals surface area contributed by atoms with Crippen molar-refractivity contribution in [2.24, 2.45) is 0 Å². The molecule has 1 rings (SSSR count). The lowest BCUT2D eigenvalue weighted by Gasteiger charge is -2.12. The van der Waals surface area contributed by atoms with Crippen LogP contribution in [0.4, 0.5) is 13.2 Å². The van der Waals surface area contributed by atoms with Gasteiger partial charge < -0.3 is 0 Å². The monoisotopic (exact) mass is 290 g/mol. The molecule has 0 unspecified atom stereocenters. The molecule has 7 heteroatoms. The molecule has 88 valence electrons. The van der Waals surface area contributed by atoms with E-state index in [9.17, 15) is 18.0 Å². The van der Waals surface area contributed by atoms with E-state index in [-0.39, 0.29) is 15.6 Å². The summed E-state index contributed by atoms with van der Waals surface area (Å²) in [6.07, 6.45) is -5.84. The van der Waals surface area contributed by atoms with Gasteiger partial charge in [0.15, 0.2) is 0 Å². The van der Waals surface area contributed by atoms with E-state index in [1.54, 1.807) is 0 Å². The minimum absolute atomic E-state index is 0.0532. The first-order chi connectivity index (χ1) is 7.22. The second-order valence-electron chi connectivity index (χ2n) is 2.95. The van der Waals surface area contributed by atoms with Crippen molar-refractivity contribution in [3.63, 3.8) is 0 Å². The summed E-state index contributed by atoms with van der Waals surface area (Å²) in [5.41, 5.74) is -0.685. The van der Waals surface area contributed by atoms with E-state index in [0.717, 1.165) is 6.07 Å². The molecular weight excluding hydrogens is 287 g/mol. The molecule has 1 aromatic carbocycles. The Morgan fingerprint density at radius 3 is 2.25 bits per heavy atom. The maximum Gasteiger partial charge on any atom is 0.393 e. The molecule has 0 aliphatic rings. The van der Waals surface area contributed by atoms with Gasteiger partial charge >= 0.3 is 6.18 Å². The SMILES string of the molecule is O=C(Cl)c1ccc(Cl)c(Cl)c1CC(F)(F)F. The summed E-state index contributed by atoms with van der Waals surface area (Å²) in [4.78, 5) is 10.9. The quantitative estimate of drug-likeness (QED) is 0.734. The van der Waals surface area contributed by atoms with Crippen LogP contribution in [0.25, 0.3) is 0 Å². The average Bonchev–Trinajstić information content (AvgIpc) is 2.10. The second kappa shape index (κ2) is 4.82. The van der Waals surface area contributed by atoms with Gasteiger partial charge in [0.25, 0.3) is 5.24 Å². The fraction of sp³-hybridized carbons (Fsp3) is 0.222. The predicted octanol–water partition coefficient (Wildman–Crippen LogP) is 4.48. The Morgan fingerprint density at radius 2 is 1.81 bits per heavy atom. The van der Waals surface area contributed by atoms with Crippen LogP contribution in [0.2, 0.25) is 10.0 Å².